The van der Waals surface area contributed by atoms with Gasteiger partial charge in [-0.1, -0.05) is 0 Å². The maximum absolute atomic E-state index is 12.1. The van der Waals surface area contributed by atoms with Crippen LogP contribution in [0.4, 0.5) is 17.6 Å². The second-order valence-electron chi connectivity index (χ2n) is 2.67. The van der Waals surface area contributed by atoms with E-state index in [0.717, 1.165) is 0 Å². The van der Waals surface area contributed by atoms with Crippen LogP contribution >= 0.6 is 0 Å². The topological polar surface area (TPSA) is 38.0 Å². The summed E-state index contributed by atoms with van der Waals surface area (Å²) in [6, 6.07) is -0.321. The minimum Gasteiger partial charge on any atom is -0.327 e. The van der Waals surface area contributed by atoms with Crippen LogP contribution in [0.15, 0.2) is 0 Å². The van der Waals surface area contributed by atoms with E-state index in [2.05, 4.69) is 5.32 Å². The van der Waals surface area contributed by atoms with Crippen molar-refractivity contribution in [1.82, 2.24) is 5.32 Å². The van der Waals surface area contributed by atoms with Crippen LogP contribution in [0, 0.1) is 0 Å². The molecule has 1 unspecified atom stereocenters. The van der Waals surface area contributed by atoms with Gasteiger partial charge in [0.1, 0.15) is 0 Å². The van der Waals surface area contributed by atoms with Gasteiger partial charge in [-0.2, -0.15) is 8.78 Å². The average molecular weight is 188 g/mol. The Kier molecular flexibility index (Phi) is 4.47. The minimum atomic E-state index is -3.96. The van der Waals surface area contributed by atoms with E-state index in [0.29, 0.717) is 0 Å². The molecule has 0 aromatic rings. The average Bonchev–Trinajstić information content (AvgIpc) is 1.85. The summed E-state index contributed by atoms with van der Waals surface area (Å²) in [4.78, 5) is 0. The van der Waals surface area contributed by atoms with Crippen LogP contribution in [-0.4, -0.2) is 31.5 Å². The summed E-state index contributed by atoms with van der Waals surface area (Å²) in [5, 5.41) is 2.15. The van der Waals surface area contributed by atoms with Crippen molar-refractivity contribution in [1.29, 1.82) is 0 Å². The number of hydrogen-bond acceptors (Lipinski definition) is 2. The van der Waals surface area contributed by atoms with Gasteiger partial charge in [-0.05, 0) is 6.92 Å². The highest BCUT2D eigenvalue weighted by atomic mass is 19.3. The normalized spacial score (nSPS) is 15.2. The fraction of sp³-hybridized carbons (Fsp3) is 1.00. The number of nitrogens with one attached hydrogen (secondary N) is 1. The Hall–Kier alpha value is -0.360. The van der Waals surface area contributed by atoms with Crippen molar-refractivity contribution < 1.29 is 17.6 Å². The lowest BCUT2D eigenvalue weighted by atomic mass is 10.3. The van der Waals surface area contributed by atoms with Gasteiger partial charge in [0.15, 0.2) is 0 Å². The number of hydrogen-bond donors (Lipinski definition) is 2. The van der Waals surface area contributed by atoms with Crippen LogP contribution < -0.4 is 11.1 Å². The van der Waals surface area contributed by atoms with Gasteiger partial charge in [0, 0.05) is 12.6 Å². The lowest BCUT2D eigenvalue weighted by molar-refractivity contribution is -0.125. The van der Waals surface area contributed by atoms with Crippen molar-refractivity contribution in [3.63, 3.8) is 0 Å². The molecule has 12 heavy (non-hydrogen) atoms. The summed E-state index contributed by atoms with van der Waals surface area (Å²) in [6.07, 6.45) is -3.63. The molecule has 3 N–H and O–H groups in total. The summed E-state index contributed by atoms with van der Waals surface area (Å²) in [7, 11) is 0. The zero-order valence-electron chi connectivity index (χ0n) is 6.66. The van der Waals surface area contributed by atoms with Gasteiger partial charge in [-0.15, -0.1) is 0 Å². The molecule has 2 nitrogen and oxygen atoms in total. The van der Waals surface area contributed by atoms with Gasteiger partial charge in [-0.25, -0.2) is 8.78 Å². The molecular weight excluding hydrogens is 176 g/mol. The quantitative estimate of drug-likeness (QED) is 0.627. The first-order valence-corrected chi connectivity index (χ1v) is 3.48. The van der Waals surface area contributed by atoms with Crippen molar-refractivity contribution in [2.45, 2.75) is 25.3 Å². The SMILES string of the molecule is CC(N)CNCC(F)(F)C(F)F. The number of halogens is 4. The zero-order valence-corrected chi connectivity index (χ0v) is 6.66. The number of nitrogens with two attached hydrogens (primary N) is 1. The molecule has 0 heterocycles. The van der Waals surface area contributed by atoms with Crippen molar-refractivity contribution in [2.24, 2.45) is 5.73 Å². The van der Waals surface area contributed by atoms with Crippen molar-refractivity contribution in [2.75, 3.05) is 13.1 Å². The molecule has 0 aliphatic heterocycles. The lowest BCUT2D eigenvalue weighted by Gasteiger charge is -2.16. The summed E-state index contributed by atoms with van der Waals surface area (Å²) in [5.41, 5.74) is 5.20. The van der Waals surface area contributed by atoms with Gasteiger partial charge < -0.3 is 11.1 Å². The Labute approximate surface area is 68.1 Å². The van der Waals surface area contributed by atoms with E-state index >= 15 is 0 Å². The van der Waals surface area contributed by atoms with Crippen LogP contribution in [-0.2, 0) is 0 Å². The monoisotopic (exact) mass is 188 g/mol. The molecule has 0 aliphatic carbocycles. The Bertz CT molecular complexity index is 127. The first kappa shape index (κ1) is 11.6. The van der Waals surface area contributed by atoms with Crippen LogP contribution in [0.1, 0.15) is 6.92 Å². The van der Waals surface area contributed by atoms with Crippen LogP contribution in [0.3, 0.4) is 0 Å². The standard InChI is InChI=1S/C6H12F4N2/c1-4(11)2-12-3-6(9,10)5(7)8/h4-5,12H,2-3,11H2,1H3. The predicted molar refractivity (Wildman–Crippen MR) is 37.5 cm³/mol. The fourth-order valence-corrected chi connectivity index (χ4v) is 0.544. The molecule has 0 bridgehead atoms. The first-order chi connectivity index (χ1) is 5.36. The molecule has 0 aromatic carbocycles. The third-order valence-electron chi connectivity index (χ3n) is 1.15. The molecule has 0 saturated carbocycles. The second-order valence-corrected chi connectivity index (χ2v) is 2.67. The molecule has 0 aromatic heterocycles. The molecule has 0 rings (SSSR count). The summed E-state index contributed by atoms with van der Waals surface area (Å²) in [6.45, 7) is 0.655. The molecule has 74 valence electrons. The molecular formula is C6H12F4N2. The number of alkyl halides is 4. The van der Waals surface area contributed by atoms with E-state index in [1.165, 1.54) is 0 Å². The molecule has 0 spiro atoms. The van der Waals surface area contributed by atoms with Crippen LogP contribution in [0.25, 0.3) is 0 Å². The third-order valence-corrected chi connectivity index (χ3v) is 1.15. The predicted octanol–water partition coefficient (Wildman–Crippen LogP) is 0.824. The molecule has 0 radical (unpaired) electrons. The number of rotatable bonds is 5. The largest absolute Gasteiger partial charge is 0.327 e. The molecule has 0 amide bonds. The highest BCUT2D eigenvalue weighted by molar-refractivity contribution is 4.73. The first-order valence-electron chi connectivity index (χ1n) is 3.48. The van der Waals surface area contributed by atoms with E-state index < -0.39 is 18.9 Å². The molecule has 1 atom stereocenters. The van der Waals surface area contributed by atoms with Crippen LogP contribution in [0.5, 0.6) is 0 Å². The molecule has 0 fully saturated rings. The fourth-order valence-electron chi connectivity index (χ4n) is 0.544. The van der Waals surface area contributed by atoms with Gasteiger partial charge in [-0.3, -0.25) is 0 Å². The van der Waals surface area contributed by atoms with E-state index in [1.807, 2.05) is 0 Å². The Morgan fingerprint density at radius 1 is 1.42 bits per heavy atom. The summed E-state index contributed by atoms with van der Waals surface area (Å²) >= 11 is 0. The van der Waals surface area contributed by atoms with E-state index in [4.69, 9.17) is 5.73 Å². The lowest BCUT2D eigenvalue weighted by Crippen LogP contribution is -2.42. The van der Waals surface area contributed by atoms with E-state index in [1.54, 1.807) is 6.92 Å². The summed E-state index contributed by atoms with van der Waals surface area (Å²) < 4.78 is 47.3. The Balaban J connectivity index is 3.61. The molecule has 6 heteroatoms. The Morgan fingerprint density at radius 2 is 1.92 bits per heavy atom. The maximum Gasteiger partial charge on any atom is 0.319 e. The maximum atomic E-state index is 12.1. The van der Waals surface area contributed by atoms with Gasteiger partial charge in [0.25, 0.3) is 0 Å². The van der Waals surface area contributed by atoms with Crippen LogP contribution in [0.2, 0.25) is 0 Å². The molecule has 0 saturated heterocycles. The second kappa shape index (κ2) is 4.61. The zero-order chi connectivity index (χ0) is 9.78. The highest BCUT2D eigenvalue weighted by Gasteiger charge is 2.39. The minimum absolute atomic E-state index is 0.0995. The van der Waals surface area contributed by atoms with Gasteiger partial charge in [0.2, 0.25) is 0 Å². The Morgan fingerprint density at radius 3 is 2.25 bits per heavy atom. The van der Waals surface area contributed by atoms with Crippen molar-refractivity contribution in [3.8, 4) is 0 Å². The molecule has 0 aliphatic rings. The smallest absolute Gasteiger partial charge is 0.319 e. The third kappa shape index (κ3) is 4.50. The van der Waals surface area contributed by atoms with Crippen molar-refractivity contribution >= 4 is 0 Å². The van der Waals surface area contributed by atoms with E-state index in [9.17, 15) is 17.6 Å². The van der Waals surface area contributed by atoms with Gasteiger partial charge >= 0.3 is 12.3 Å². The van der Waals surface area contributed by atoms with E-state index in [-0.39, 0.29) is 12.6 Å². The van der Waals surface area contributed by atoms with Crippen molar-refractivity contribution in [3.05, 3.63) is 0 Å². The highest BCUT2D eigenvalue weighted by Crippen LogP contribution is 2.21. The summed E-state index contributed by atoms with van der Waals surface area (Å²) in [5.74, 6) is -3.96. The van der Waals surface area contributed by atoms with Gasteiger partial charge in [0.05, 0.1) is 6.54 Å².